The molecule has 70 valence electrons. The van der Waals surface area contributed by atoms with Gasteiger partial charge in [0.05, 0.1) is 0 Å². The van der Waals surface area contributed by atoms with E-state index >= 15 is 0 Å². The lowest BCUT2D eigenvalue weighted by Gasteiger charge is -1.99. The maximum absolute atomic E-state index is 5.43. The molecule has 0 atom stereocenters. The molecule has 0 bridgehead atoms. The largest absolute Gasteiger partial charge is 0.377 e. The molecule has 4 heteroatoms. The Morgan fingerprint density at radius 2 is 2.00 bits per heavy atom. The topological polar surface area (TPSA) is 64.4 Å². The summed E-state index contributed by atoms with van der Waals surface area (Å²) in [7, 11) is 0. The molecule has 0 saturated heterocycles. The lowest BCUT2D eigenvalue weighted by atomic mass is 10.2. The second-order valence-electron chi connectivity index (χ2n) is 2.55. The molecular formula is C9H13N3S. The Balaban J connectivity index is 2.28. The molecule has 1 aromatic carbocycles. The van der Waals surface area contributed by atoms with Crippen molar-refractivity contribution < 1.29 is 0 Å². The second-order valence-corrected chi connectivity index (χ2v) is 3.67. The molecule has 0 unspecified atom stereocenters. The third-order valence-electron chi connectivity index (χ3n) is 1.61. The number of nitrogens with zero attached hydrogens (tertiary/aromatic N) is 1. The zero-order valence-electron chi connectivity index (χ0n) is 7.31. The molecule has 0 amide bonds. The molecule has 0 aromatic heterocycles. The van der Waals surface area contributed by atoms with Crippen LogP contribution in [0.5, 0.6) is 0 Å². The summed E-state index contributed by atoms with van der Waals surface area (Å²) < 4.78 is 0. The number of amidine groups is 1. The quantitative estimate of drug-likeness (QED) is 0.329. The van der Waals surface area contributed by atoms with E-state index in [0.29, 0.717) is 5.17 Å². The van der Waals surface area contributed by atoms with Crippen LogP contribution in [0.1, 0.15) is 5.56 Å². The predicted octanol–water partition coefficient (Wildman–Crippen LogP) is 1.15. The van der Waals surface area contributed by atoms with E-state index in [1.54, 1.807) is 0 Å². The molecule has 0 heterocycles. The van der Waals surface area contributed by atoms with Crippen molar-refractivity contribution >= 4 is 16.9 Å². The average molecular weight is 195 g/mol. The van der Waals surface area contributed by atoms with Crippen molar-refractivity contribution in [3.63, 3.8) is 0 Å². The third-order valence-corrected chi connectivity index (χ3v) is 2.42. The molecule has 3 nitrogen and oxygen atoms in total. The zero-order valence-corrected chi connectivity index (χ0v) is 8.13. The highest BCUT2D eigenvalue weighted by Crippen LogP contribution is 2.05. The summed E-state index contributed by atoms with van der Waals surface area (Å²) in [5.74, 6) is 5.91. The van der Waals surface area contributed by atoms with Gasteiger partial charge >= 0.3 is 0 Å². The van der Waals surface area contributed by atoms with E-state index in [1.807, 2.05) is 18.2 Å². The summed E-state index contributed by atoms with van der Waals surface area (Å²) in [5.41, 5.74) is 6.73. The van der Waals surface area contributed by atoms with Crippen LogP contribution in [0.2, 0.25) is 0 Å². The maximum Gasteiger partial charge on any atom is 0.177 e. The smallest absolute Gasteiger partial charge is 0.177 e. The number of rotatable bonds is 3. The normalized spacial score (nSPS) is 11.5. The Labute approximate surface area is 82.2 Å². The Morgan fingerprint density at radius 3 is 2.62 bits per heavy atom. The van der Waals surface area contributed by atoms with Gasteiger partial charge in [0.2, 0.25) is 0 Å². The molecule has 0 aliphatic rings. The molecule has 4 N–H and O–H groups in total. The number of aryl methyl sites for hydroxylation is 1. The van der Waals surface area contributed by atoms with E-state index in [-0.39, 0.29) is 0 Å². The zero-order chi connectivity index (χ0) is 9.52. The molecule has 0 fully saturated rings. The Hall–Kier alpha value is -1.16. The van der Waals surface area contributed by atoms with Crippen LogP contribution in [0.3, 0.4) is 0 Å². The highest BCUT2D eigenvalue weighted by molar-refractivity contribution is 8.13. The van der Waals surface area contributed by atoms with Gasteiger partial charge in [0.1, 0.15) is 0 Å². The lowest BCUT2D eigenvalue weighted by molar-refractivity contribution is 1.16. The molecule has 1 rings (SSSR count). The first kappa shape index (κ1) is 9.92. The summed E-state index contributed by atoms with van der Waals surface area (Å²) in [6, 6.07) is 10.2. The van der Waals surface area contributed by atoms with Crippen molar-refractivity contribution in [2.24, 2.45) is 16.7 Å². The van der Waals surface area contributed by atoms with E-state index in [1.165, 1.54) is 17.3 Å². The first-order valence-corrected chi connectivity index (χ1v) is 5.01. The number of hydrogen-bond acceptors (Lipinski definition) is 3. The van der Waals surface area contributed by atoms with Crippen LogP contribution in [-0.2, 0) is 6.42 Å². The van der Waals surface area contributed by atoms with Crippen LogP contribution < -0.4 is 11.6 Å². The van der Waals surface area contributed by atoms with Crippen molar-refractivity contribution in [2.45, 2.75) is 6.42 Å². The van der Waals surface area contributed by atoms with E-state index < -0.39 is 0 Å². The molecule has 0 aliphatic carbocycles. The van der Waals surface area contributed by atoms with Gasteiger partial charge in [-0.05, 0) is 12.0 Å². The van der Waals surface area contributed by atoms with Gasteiger partial charge in [-0.15, -0.1) is 0 Å². The minimum Gasteiger partial charge on any atom is -0.377 e. The van der Waals surface area contributed by atoms with Crippen LogP contribution in [0.25, 0.3) is 0 Å². The van der Waals surface area contributed by atoms with Gasteiger partial charge in [0, 0.05) is 5.75 Å². The van der Waals surface area contributed by atoms with Gasteiger partial charge in [0.15, 0.2) is 5.17 Å². The minimum atomic E-state index is 0.441. The van der Waals surface area contributed by atoms with Gasteiger partial charge in [-0.1, -0.05) is 42.1 Å². The SMILES string of the molecule is NN=C(N)SCCc1ccccc1. The Kier molecular flexibility index (Phi) is 4.18. The fourth-order valence-electron chi connectivity index (χ4n) is 0.955. The third kappa shape index (κ3) is 3.85. The van der Waals surface area contributed by atoms with Crippen molar-refractivity contribution in [1.82, 2.24) is 0 Å². The number of hydrazone groups is 1. The number of hydrogen-bond donors (Lipinski definition) is 2. The van der Waals surface area contributed by atoms with E-state index in [4.69, 9.17) is 11.6 Å². The average Bonchev–Trinajstić information content (AvgIpc) is 2.19. The number of thioether (sulfide) groups is 1. The first-order chi connectivity index (χ1) is 6.33. The van der Waals surface area contributed by atoms with Crippen LogP contribution in [0.15, 0.2) is 35.4 Å². The molecule has 0 saturated carbocycles. The van der Waals surface area contributed by atoms with Crippen molar-refractivity contribution in [1.29, 1.82) is 0 Å². The monoisotopic (exact) mass is 195 g/mol. The number of benzene rings is 1. The van der Waals surface area contributed by atoms with Gasteiger partial charge in [-0.25, -0.2) is 0 Å². The summed E-state index contributed by atoms with van der Waals surface area (Å²) in [4.78, 5) is 0. The number of nitrogens with two attached hydrogens (primary N) is 2. The molecular weight excluding hydrogens is 182 g/mol. The maximum atomic E-state index is 5.43. The van der Waals surface area contributed by atoms with Crippen molar-refractivity contribution in [2.75, 3.05) is 5.75 Å². The molecule has 13 heavy (non-hydrogen) atoms. The van der Waals surface area contributed by atoms with Crippen LogP contribution in [0.4, 0.5) is 0 Å². The summed E-state index contributed by atoms with van der Waals surface area (Å²) in [5, 5.41) is 3.82. The lowest BCUT2D eigenvalue weighted by Crippen LogP contribution is -2.10. The second kappa shape index (κ2) is 5.48. The molecule has 0 radical (unpaired) electrons. The first-order valence-electron chi connectivity index (χ1n) is 4.03. The molecule has 0 aliphatic heterocycles. The molecule has 1 aromatic rings. The van der Waals surface area contributed by atoms with Gasteiger partial charge in [-0.3, -0.25) is 0 Å². The van der Waals surface area contributed by atoms with E-state index in [9.17, 15) is 0 Å². The summed E-state index contributed by atoms with van der Waals surface area (Å²) >= 11 is 1.47. The van der Waals surface area contributed by atoms with Crippen LogP contribution >= 0.6 is 11.8 Å². The van der Waals surface area contributed by atoms with Gasteiger partial charge < -0.3 is 11.6 Å². The highest BCUT2D eigenvalue weighted by Gasteiger charge is 1.94. The van der Waals surface area contributed by atoms with Crippen molar-refractivity contribution in [3.05, 3.63) is 35.9 Å². The predicted molar refractivity (Wildman–Crippen MR) is 58.4 cm³/mol. The van der Waals surface area contributed by atoms with Crippen LogP contribution in [0, 0.1) is 0 Å². The fraction of sp³-hybridized carbons (Fsp3) is 0.222. The summed E-state index contributed by atoms with van der Waals surface area (Å²) in [6.07, 6.45) is 0.988. The molecule has 0 spiro atoms. The van der Waals surface area contributed by atoms with Gasteiger partial charge in [-0.2, -0.15) is 5.10 Å². The van der Waals surface area contributed by atoms with E-state index in [0.717, 1.165) is 12.2 Å². The van der Waals surface area contributed by atoms with E-state index in [2.05, 4.69) is 17.2 Å². The summed E-state index contributed by atoms with van der Waals surface area (Å²) in [6.45, 7) is 0. The van der Waals surface area contributed by atoms with Crippen molar-refractivity contribution in [3.8, 4) is 0 Å². The Bertz CT molecular complexity index is 271. The van der Waals surface area contributed by atoms with Crippen LogP contribution in [-0.4, -0.2) is 10.9 Å². The fourth-order valence-corrected chi connectivity index (χ4v) is 1.58. The standard InChI is InChI=1S/C9H13N3S/c10-9(12-11)13-7-6-8-4-2-1-3-5-8/h1-5H,6-7,11H2,(H2,10,12). The van der Waals surface area contributed by atoms with Gasteiger partial charge in [0.25, 0.3) is 0 Å². The minimum absolute atomic E-state index is 0.441. The highest BCUT2D eigenvalue weighted by atomic mass is 32.2. The Morgan fingerprint density at radius 1 is 1.31 bits per heavy atom.